The molecule has 3 rings (SSSR count). The molecular formula is C34H39F4N7O4. The summed E-state index contributed by atoms with van der Waals surface area (Å²) in [6.45, 7) is 12.6. The molecule has 0 atom stereocenters. The average Bonchev–Trinajstić information content (AvgIpc) is 2.99. The lowest BCUT2D eigenvalue weighted by molar-refractivity contribution is -0.112. The van der Waals surface area contributed by atoms with Gasteiger partial charge in [-0.25, -0.2) is 19.2 Å². The zero-order chi connectivity index (χ0) is 36.6. The Balaban J connectivity index is 1.71. The lowest BCUT2D eigenvalue weighted by atomic mass is 10.1. The van der Waals surface area contributed by atoms with E-state index in [0.717, 1.165) is 12.1 Å². The van der Waals surface area contributed by atoms with E-state index in [9.17, 15) is 27.2 Å². The van der Waals surface area contributed by atoms with Crippen LogP contribution in [0.3, 0.4) is 0 Å². The maximum absolute atomic E-state index is 13.5. The predicted octanol–water partition coefficient (Wildman–Crippen LogP) is 6.12. The van der Waals surface area contributed by atoms with E-state index in [2.05, 4.69) is 32.5 Å². The van der Waals surface area contributed by atoms with Crippen molar-refractivity contribution in [2.24, 2.45) is 5.73 Å². The van der Waals surface area contributed by atoms with Crippen molar-refractivity contribution in [3.63, 3.8) is 0 Å². The monoisotopic (exact) mass is 685 g/mol. The Morgan fingerprint density at radius 2 is 1.63 bits per heavy atom. The fourth-order valence-corrected chi connectivity index (χ4v) is 3.99. The van der Waals surface area contributed by atoms with E-state index >= 15 is 0 Å². The smallest absolute Gasteiger partial charge is 0.417 e. The highest BCUT2D eigenvalue weighted by atomic mass is 19.4. The molecule has 0 fully saturated rings. The van der Waals surface area contributed by atoms with Crippen molar-refractivity contribution in [3.8, 4) is 17.1 Å². The van der Waals surface area contributed by atoms with Gasteiger partial charge in [0, 0.05) is 29.7 Å². The van der Waals surface area contributed by atoms with E-state index in [4.69, 9.17) is 20.9 Å². The molecule has 0 saturated heterocycles. The highest BCUT2D eigenvalue weighted by molar-refractivity contribution is 6.07. The number of amides is 2. The fraction of sp³-hybridized carbons (Fsp3) is 0.294. The van der Waals surface area contributed by atoms with Crippen LogP contribution in [0.1, 0.15) is 40.2 Å². The number of allylic oxidation sites excluding steroid dienone is 2. The number of nitrogen functional groups attached to an aromatic ring is 1. The van der Waals surface area contributed by atoms with Crippen LogP contribution >= 0.6 is 0 Å². The molecule has 3 aromatic rings. The summed E-state index contributed by atoms with van der Waals surface area (Å²) in [6.07, 6.45) is -3.07. The number of hydrogen-bond acceptors (Lipinski definition) is 9. The minimum atomic E-state index is -4.84. The zero-order valence-corrected chi connectivity index (χ0v) is 27.7. The number of carbonyl (C=O) groups excluding carboxylic acids is 2. The van der Waals surface area contributed by atoms with E-state index in [1.807, 2.05) is 0 Å². The summed E-state index contributed by atoms with van der Waals surface area (Å²) < 4.78 is 64.8. The van der Waals surface area contributed by atoms with Crippen molar-refractivity contribution in [2.75, 3.05) is 17.7 Å². The average molecular weight is 686 g/mol. The molecule has 1 heterocycles. The first-order valence-electron chi connectivity index (χ1n) is 14.8. The molecule has 0 aliphatic heterocycles. The summed E-state index contributed by atoms with van der Waals surface area (Å²) in [5.41, 5.74) is 9.77. The summed E-state index contributed by atoms with van der Waals surface area (Å²) in [5, 5.41) is 8.03. The lowest BCUT2D eigenvalue weighted by Gasteiger charge is -2.28. The van der Waals surface area contributed by atoms with E-state index in [-0.39, 0.29) is 36.2 Å². The van der Waals surface area contributed by atoms with Crippen LogP contribution in [-0.2, 0) is 16.1 Å². The molecule has 1 aromatic heterocycles. The van der Waals surface area contributed by atoms with E-state index in [0.29, 0.717) is 29.1 Å². The van der Waals surface area contributed by atoms with Crippen LogP contribution in [0.15, 0.2) is 90.4 Å². The molecule has 0 radical (unpaired) electrons. The predicted molar refractivity (Wildman–Crippen MR) is 178 cm³/mol. The second kappa shape index (κ2) is 15.5. The van der Waals surface area contributed by atoms with Crippen molar-refractivity contribution >= 4 is 23.5 Å². The van der Waals surface area contributed by atoms with Gasteiger partial charge < -0.3 is 36.9 Å². The standard InChI is InChI=1S/C34H39F4N7O4/c1-20(26(15-23(16-39)34(36,37)38)29(46)43-25-13-11-24(35)12-14-25)41-17-21-7-9-22(10-8-21)27-18-42-28(40)30(44-27)48-19-33(5,6)45-31(47)49-32(2,3)4/h7-16,18,41H,1,17,19,39H2,2-6H3,(H2,40,42)(H,43,46)(H,45,47)/b23-16+,26-15+. The second-order valence-electron chi connectivity index (χ2n) is 12.4. The van der Waals surface area contributed by atoms with E-state index < -0.39 is 46.3 Å². The normalized spacial score (nSPS) is 12.6. The molecule has 7 N–H and O–H groups in total. The van der Waals surface area contributed by atoms with E-state index in [1.54, 1.807) is 58.9 Å². The topological polar surface area (TPSA) is 167 Å². The number of nitrogens with zero attached hydrogens (tertiary/aromatic N) is 2. The molecular weight excluding hydrogens is 646 g/mol. The molecule has 15 heteroatoms. The van der Waals surface area contributed by atoms with Crippen molar-refractivity contribution in [1.29, 1.82) is 0 Å². The summed E-state index contributed by atoms with van der Waals surface area (Å²) in [6, 6.07) is 11.6. The number of rotatable bonds is 12. The number of aromatic nitrogens is 2. The molecule has 0 spiro atoms. The van der Waals surface area contributed by atoms with Gasteiger partial charge >= 0.3 is 12.3 Å². The third kappa shape index (κ3) is 11.9. The first kappa shape index (κ1) is 37.9. The van der Waals surface area contributed by atoms with Gasteiger partial charge in [-0.05, 0) is 70.5 Å². The molecule has 49 heavy (non-hydrogen) atoms. The maximum atomic E-state index is 13.5. The molecule has 262 valence electrons. The van der Waals surface area contributed by atoms with Gasteiger partial charge in [-0.3, -0.25) is 4.79 Å². The fourth-order valence-electron chi connectivity index (χ4n) is 3.99. The molecule has 2 amide bonds. The lowest BCUT2D eigenvalue weighted by Crippen LogP contribution is -2.49. The number of ether oxygens (including phenoxy) is 2. The first-order valence-corrected chi connectivity index (χ1v) is 14.8. The van der Waals surface area contributed by atoms with Gasteiger partial charge in [0.1, 0.15) is 18.0 Å². The number of anilines is 2. The zero-order valence-electron chi connectivity index (χ0n) is 27.7. The first-order chi connectivity index (χ1) is 22.8. The van der Waals surface area contributed by atoms with Gasteiger partial charge in [0.05, 0.1) is 28.6 Å². The molecule has 0 unspecified atom stereocenters. The summed E-state index contributed by atoms with van der Waals surface area (Å²) in [4.78, 5) is 33.8. The highest BCUT2D eigenvalue weighted by Gasteiger charge is 2.33. The van der Waals surface area contributed by atoms with Crippen LogP contribution in [0.2, 0.25) is 0 Å². The van der Waals surface area contributed by atoms with Crippen LogP contribution < -0.4 is 32.2 Å². The van der Waals surface area contributed by atoms with Crippen LogP contribution in [-0.4, -0.2) is 45.9 Å². The molecule has 0 aliphatic carbocycles. The minimum Gasteiger partial charge on any atom is -0.473 e. The quantitative estimate of drug-likeness (QED) is 0.0858. The Kier molecular flexibility index (Phi) is 12.0. The molecule has 0 aliphatic rings. The van der Waals surface area contributed by atoms with Crippen molar-refractivity contribution < 1.29 is 36.6 Å². The summed E-state index contributed by atoms with van der Waals surface area (Å²) >= 11 is 0. The van der Waals surface area contributed by atoms with Gasteiger partial charge in [-0.2, -0.15) is 13.2 Å². The van der Waals surface area contributed by atoms with Crippen LogP contribution in [0.4, 0.5) is 33.9 Å². The van der Waals surface area contributed by atoms with Crippen LogP contribution in [0.25, 0.3) is 11.3 Å². The summed E-state index contributed by atoms with van der Waals surface area (Å²) in [7, 11) is 0. The third-order valence-corrected chi connectivity index (χ3v) is 6.41. The number of alkyl halides is 3. The molecule has 0 bridgehead atoms. The Morgan fingerprint density at radius 3 is 2.20 bits per heavy atom. The van der Waals surface area contributed by atoms with Gasteiger partial charge in [-0.1, -0.05) is 30.8 Å². The number of carbonyl (C=O) groups is 2. The number of nitrogens with two attached hydrogens (primary N) is 2. The Hall–Kier alpha value is -5.60. The Bertz CT molecular complexity index is 1710. The minimum absolute atomic E-state index is 0.00691. The van der Waals surface area contributed by atoms with Gasteiger partial charge in [0.2, 0.25) is 0 Å². The second-order valence-corrected chi connectivity index (χ2v) is 12.4. The number of alkyl carbamates (subject to hydrolysis) is 1. The third-order valence-electron chi connectivity index (χ3n) is 6.41. The number of halogens is 4. The Labute approximate surface area is 281 Å². The van der Waals surface area contributed by atoms with Gasteiger partial charge in [-0.15, -0.1) is 0 Å². The largest absolute Gasteiger partial charge is 0.473 e. The number of benzene rings is 2. The molecule has 11 nitrogen and oxygen atoms in total. The van der Waals surface area contributed by atoms with Crippen LogP contribution in [0, 0.1) is 5.82 Å². The molecule has 0 saturated carbocycles. The van der Waals surface area contributed by atoms with Crippen LogP contribution in [0.5, 0.6) is 5.88 Å². The summed E-state index contributed by atoms with van der Waals surface area (Å²) in [5.74, 6) is -1.38. The van der Waals surface area contributed by atoms with Crippen molar-refractivity contribution in [1.82, 2.24) is 20.6 Å². The number of hydrogen-bond donors (Lipinski definition) is 5. The SMILES string of the molecule is C=C(NCc1ccc(-c2cnc(N)c(OCC(C)(C)NC(=O)OC(C)(C)C)n2)cc1)/C(=C\C(=C/N)C(F)(F)F)C(=O)Nc1ccc(F)cc1. The molecule has 2 aromatic carbocycles. The van der Waals surface area contributed by atoms with Gasteiger partial charge in [0.15, 0.2) is 5.82 Å². The van der Waals surface area contributed by atoms with Crippen molar-refractivity contribution in [3.05, 3.63) is 102 Å². The van der Waals surface area contributed by atoms with Crippen molar-refractivity contribution in [2.45, 2.75) is 58.5 Å². The highest BCUT2D eigenvalue weighted by Crippen LogP contribution is 2.28. The van der Waals surface area contributed by atoms with E-state index in [1.165, 1.54) is 18.3 Å². The van der Waals surface area contributed by atoms with Gasteiger partial charge in [0.25, 0.3) is 11.8 Å². The maximum Gasteiger partial charge on any atom is 0.417 e. The Morgan fingerprint density at radius 1 is 1.00 bits per heavy atom. The number of nitrogens with one attached hydrogen (secondary N) is 3.